The number of morpholine rings is 1. The Labute approximate surface area is 181 Å². The van der Waals surface area contributed by atoms with Gasteiger partial charge < -0.3 is 19.0 Å². The fourth-order valence-electron chi connectivity index (χ4n) is 3.65. The number of carboxylic acids is 1. The van der Waals surface area contributed by atoms with Crippen LogP contribution in [-0.2, 0) is 22.5 Å². The van der Waals surface area contributed by atoms with Gasteiger partial charge in [-0.1, -0.05) is 30.3 Å². The molecule has 4 rings (SSSR count). The molecule has 1 aliphatic heterocycles. The number of ether oxygens (including phenoxy) is 2. The zero-order valence-corrected chi connectivity index (χ0v) is 17.5. The lowest BCUT2D eigenvalue weighted by molar-refractivity contribution is -0.150. The summed E-state index contributed by atoms with van der Waals surface area (Å²) < 4.78 is 17.1. The Morgan fingerprint density at radius 2 is 2.06 bits per heavy atom. The highest BCUT2D eigenvalue weighted by Gasteiger charge is 2.29. The van der Waals surface area contributed by atoms with Crippen molar-refractivity contribution in [2.24, 2.45) is 0 Å². The molecule has 0 spiro atoms. The molecule has 1 N–H and O–H groups in total. The van der Waals surface area contributed by atoms with Crippen LogP contribution in [-0.4, -0.2) is 53.4 Å². The molecule has 3 aromatic rings. The average Bonchev–Trinajstić information content (AvgIpc) is 3.15. The largest absolute Gasteiger partial charge is 0.493 e. The first kappa shape index (κ1) is 21.1. The molecule has 7 nitrogen and oxygen atoms in total. The van der Waals surface area contributed by atoms with E-state index in [0.717, 1.165) is 28.3 Å². The number of aryl methyl sites for hydroxylation is 1. The third-order valence-corrected chi connectivity index (χ3v) is 5.33. The van der Waals surface area contributed by atoms with Gasteiger partial charge >= 0.3 is 5.97 Å². The molecule has 1 atom stereocenters. The Morgan fingerprint density at radius 3 is 2.87 bits per heavy atom. The number of nitrogens with zero attached hydrogens (tertiary/aromatic N) is 2. The van der Waals surface area contributed by atoms with E-state index >= 15 is 0 Å². The van der Waals surface area contributed by atoms with Crippen molar-refractivity contribution in [1.29, 1.82) is 0 Å². The Hall–Kier alpha value is -3.16. The Morgan fingerprint density at radius 1 is 1.23 bits per heavy atom. The molecule has 0 bridgehead atoms. The lowest BCUT2D eigenvalue weighted by Gasteiger charge is -2.32. The maximum absolute atomic E-state index is 11.5. The van der Waals surface area contributed by atoms with Gasteiger partial charge in [0, 0.05) is 25.1 Å². The number of oxazole rings is 1. The quantitative estimate of drug-likeness (QED) is 0.594. The second-order valence-electron chi connectivity index (χ2n) is 7.53. The number of benzene rings is 2. The summed E-state index contributed by atoms with van der Waals surface area (Å²) in [6.07, 6.45) is 0.636. The van der Waals surface area contributed by atoms with E-state index < -0.39 is 12.0 Å². The first-order valence-electron chi connectivity index (χ1n) is 10.4. The van der Waals surface area contributed by atoms with Crippen molar-refractivity contribution in [2.75, 3.05) is 26.4 Å². The molecule has 0 aliphatic carbocycles. The molecule has 0 saturated carbocycles. The van der Waals surface area contributed by atoms with E-state index in [2.05, 4.69) is 4.98 Å². The maximum atomic E-state index is 11.5. The van der Waals surface area contributed by atoms with Crippen LogP contribution in [0.15, 0.2) is 59.0 Å². The number of aromatic nitrogens is 1. The molecule has 0 amide bonds. The monoisotopic (exact) mass is 422 g/mol. The third kappa shape index (κ3) is 5.31. The first-order chi connectivity index (χ1) is 15.1. The summed E-state index contributed by atoms with van der Waals surface area (Å²) in [6.45, 7) is 4.28. The highest BCUT2D eigenvalue weighted by atomic mass is 16.5. The number of hydrogen-bond donors (Lipinski definition) is 1. The van der Waals surface area contributed by atoms with Crippen molar-refractivity contribution in [3.63, 3.8) is 0 Å². The van der Waals surface area contributed by atoms with Gasteiger partial charge in [-0.05, 0) is 36.8 Å². The highest BCUT2D eigenvalue weighted by molar-refractivity contribution is 5.73. The van der Waals surface area contributed by atoms with E-state index in [1.165, 1.54) is 0 Å². The van der Waals surface area contributed by atoms with Crippen molar-refractivity contribution in [3.8, 4) is 17.2 Å². The molecule has 1 aromatic heterocycles. The predicted octanol–water partition coefficient (Wildman–Crippen LogP) is 3.56. The lowest BCUT2D eigenvalue weighted by Crippen LogP contribution is -2.49. The molecule has 1 aliphatic rings. The van der Waals surface area contributed by atoms with Crippen LogP contribution in [0, 0.1) is 6.92 Å². The van der Waals surface area contributed by atoms with Crippen LogP contribution in [0.3, 0.4) is 0 Å². The van der Waals surface area contributed by atoms with E-state index in [9.17, 15) is 9.90 Å². The third-order valence-electron chi connectivity index (χ3n) is 5.33. The van der Waals surface area contributed by atoms with Gasteiger partial charge in [-0.15, -0.1) is 0 Å². The van der Waals surface area contributed by atoms with Gasteiger partial charge in [0.15, 0.2) is 0 Å². The minimum Gasteiger partial charge on any atom is -0.493 e. The molecule has 1 fully saturated rings. The molecule has 2 heterocycles. The van der Waals surface area contributed by atoms with Gasteiger partial charge in [0.1, 0.15) is 17.6 Å². The fourth-order valence-corrected chi connectivity index (χ4v) is 3.65. The fraction of sp³-hybridized carbons (Fsp3) is 0.333. The number of hydrogen-bond acceptors (Lipinski definition) is 6. The lowest BCUT2D eigenvalue weighted by atomic mass is 10.1. The van der Waals surface area contributed by atoms with Crippen molar-refractivity contribution in [3.05, 3.63) is 71.6 Å². The van der Waals surface area contributed by atoms with E-state index in [1.54, 1.807) is 0 Å². The molecule has 1 unspecified atom stereocenters. The van der Waals surface area contributed by atoms with Crippen molar-refractivity contribution < 1.29 is 23.8 Å². The van der Waals surface area contributed by atoms with Crippen molar-refractivity contribution in [2.45, 2.75) is 25.9 Å². The Balaban J connectivity index is 1.35. The van der Waals surface area contributed by atoms with Crippen LogP contribution in [0.25, 0.3) is 11.5 Å². The Bertz CT molecular complexity index is 1020. The maximum Gasteiger partial charge on any atom is 0.323 e. The van der Waals surface area contributed by atoms with E-state index in [4.69, 9.17) is 13.9 Å². The smallest absolute Gasteiger partial charge is 0.323 e. The molecule has 162 valence electrons. The van der Waals surface area contributed by atoms with Crippen LogP contribution in [0.4, 0.5) is 0 Å². The van der Waals surface area contributed by atoms with E-state index in [-0.39, 0.29) is 6.61 Å². The highest BCUT2D eigenvalue weighted by Crippen LogP contribution is 2.22. The van der Waals surface area contributed by atoms with Crippen LogP contribution in [0.2, 0.25) is 0 Å². The summed E-state index contributed by atoms with van der Waals surface area (Å²) in [6, 6.07) is 17.0. The van der Waals surface area contributed by atoms with Crippen LogP contribution >= 0.6 is 0 Å². The molecule has 1 saturated heterocycles. The van der Waals surface area contributed by atoms with Gasteiger partial charge in [-0.2, -0.15) is 0 Å². The van der Waals surface area contributed by atoms with Gasteiger partial charge in [-0.3, -0.25) is 9.69 Å². The number of carboxylic acid groups (broad SMARTS) is 1. The summed E-state index contributed by atoms with van der Waals surface area (Å²) in [7, 11) is 0. The summed E-state index contributed by atoms with van der Waals surface area (Å²) in [4.78, 5) is 18.0. The molecular formula is C24H26N2O5. The molecule has 0 radical (unpaired) electrons. The Kier molecular flexibility index (Phi) is 6.64. The van der Waals surface area contributed by atoms with Gasteiger partial charge in [-0.25, -0.2) is 4.98 Å². The zero-order valence-electron chi connectivity index (χ0n) is 17.5. The zero-order chi connectivity index (χ0) is 21.6. The van der Waals surface area contributed by atoms with Gasteiger partial charge in [0.2, 0.25) is 5.89 Å². The van der Waals surface area contributed by atoms with Gasteiger partial charge in [0.05, 0.1) is 25.5 Å². The number of aliphatic carboxylic acids is 1. The summed E-state index contributed by atoms with van der Waals surface area (Å²) >= 11 is 0. The number of carbonyl (C=O) groups is 1. The summed E-state index contributed by atoms with van der Waals surface area (Å²) in [5, 5.41) is 9.40. The minimum atomic E-state index is -0.857. The molecular weight excluding hydrogens is 396 g/mol. The second-order valence-corrected chi connectivity index (χ2v) is 7.53. The standard InChI is InChI=1S/C24H26N2O5/c1-17-21(25-23(31-17)19-7-3-2-4-8-19)10-12-30-20-9-5-6-18(14-20)15-26-11-13-29-16-22(26)24(27)28/h2-9,14,22H,10-13,15-16H2,1H3,(H,27,28). The van der Waals surface area contributed by atoms with Crippen molar-refractivity contribution in [1.82, 2.24) is 9.88 Å². The van der Waals surface area contributed by atoms with E-state index in [1.807, 2.05) is 66.4 Å². The SMILES string of the molecule is Cc1oc(-c2ccccc2)nc1CCOc1cccc(CN2CCOCC2C(=O)O)c1. The second kappa shape index (κ2) is 9.76. The minimum absolute atomic E-state index is 0.216. The topological polar surface area (TPSA) is 85.0 Å². The normalized spacial score (nSPS) is 16.9. The van der Waals surface area contributed by atoms with Crippen LogP contribution in [0.5, 0.6) is 5.75 Å². The average molecular weight is 422 g/mol. The molecule has 7 heteroatoms. The van der Waals surface area contributed by atoms with Crippen LogP contribution in [0.1, 0.15) is 17.0 Å². The molecule has 2 aromatic carbocycles. The molecule has 31 heavy (non-hydrogen) atoms. The van der Waals surface area contributed by atoms with E-state index in [0.29, 0.717) is 38.6 Å². The van der Waals surface area contributed by atoms with Gasteiger partial charge in [0.25, 0.3) is 0 Å². The summed E-state index contributed by atoms with van der Waals surface area (Å²) in [5.74, 6) is 1.31. The number of rotatable bonds is 8. The van der Waals surface area contributed by atoms with Crippen LogP contribution < -0.4 is 4.74 Å². The summed E-state index contributed by atoms with van der Waals surface area (Å²) in [5.41, 5.74) is 2.84. The predicted molar refractivity (Wildman–Crippen MR) is 115 cm³/mol. The first-order valence-corrected chi connectivity index (χ1v) is 10.4. The van der Waals surface area contributed by atoms with Crippen molar-refractivity contribution >= 4 is 5.97 Å².